The smallest absolute Gasteiger partial charge is 0.0905 e. The fourth-order valence-corrected chi connectivity index (χ4v) is 2.57. The van der Waals surface area contributed by atoms with E-state index in [9.17, 15) is 10.2 Å². The number of hydrogen-bond acceptors (Lipinski definition) is 2. The van der Waals surface area contributed by atoms with Crippen LogP contribution in [0.4, 0.5) is 0 Å². The van der Waals surface area contributed by atoms with E-state index in [1.807, 2.05) is 0 Å². The Hall–Kier alpha value is -0.0800. The molecule has 82 valence electrons. The van der Waals surface area contributed by atoms with Gasteiger partial charge in [-0.2, -0.15) is 0 Å². The van der Waals surface area contributed by atoms with Crippen LogP contribution in [0, 0.1) is 5.92 Å². The van der Waals surface area contributed by atoms with Crippen molar-refractivity contribution in [2.45, 2.75) is 69.5 Å². The molecular weight excluding hydrogens is 176 g/mol. The van der Waals surface area contributed by atoms with Gasteiger partial charge in [-0.15, -0.1) is 0 Å². The maximum Gasteiger partial charge on any atom is 0.0905 e. The first-order valence-corrected chi connectivity index (χ1v) is 6.11. The minimum atomic E-state index is -0.743. The van der Waals surface area contributed by atoms with Crippen LogP contribution in [0.25, 0.3) is 0 Å². The third-order valence-electron chi connectivity index (χ3n) is 3.88. The summed E-state index contributed by atoms with van der Waals surface area (Å²) in [7, 11) is 0. The van der Waals surface area contributed by atoms with Gasteiger partial charge in [0.1, 0.15) is 0 Å². The van der Waals surface area contributed by atoms with Crippen molar-refractivity contribution in [3.63, 3.8) is 0 Å². The van der Waals surface area contributed by atoms with Crippen LogP contribution in [0.3, 0.4) is 0 Å². The van der Waals surface area contributed by atoms with Crippen LogP contribution in [0.2, 0.25) is 0 Å². The maximum atomic E-state index is 10.2. The highest BCUT2D eigenvalue weighted by Crippen LogP contribution is 2.37. The highest BCUT2D eigenvalue weighted by atomic mass is 16.3. The fourth-order valence-electron chi connectivity index (χ4n) is 2.57. The van der Waals surface area contributed by atoms with E-state index in [0.29, 0.717) is 0 Å². The molecule has 1 atom stereocenters. The van der Waals surface area contributed by atoms with E-state index in [2.05, 4.69) is 0 Å². The van der Waals surface area contributed by atoms with Gasteiger partial charge in [-0.25, -0.2) is 0 Å². The van der Waals surface area contributed by atoms with E-state index in [4.69, 9.17) is 0 Å². The predicted octanol–water partition coefficient (Wildman–Crippen LogP) is 2.23. The Bertz CT molecular complexity index is 181. The molecule has 2 aliphatic rings. The lowest BCUT2D eigenvalue weighted by molar-refractivity contribution is -0.100. The molecule has 14 heavy (non-hydrogen) atoms. The molecule has 1 unspecified atom stereocenters. The van der Waals surface area contributed by atoms with Crippen molar-refractivity contribution in [1.29, 1.82) is 0 Å². The van der Waals surface area contributed by atoms with Crippen molar-refractivity contribution in [3.8, 4) is 0 Å². The molecule has 2 aliphatic carbocycles. The average molecular weight is 198 g/mol. The molecule has 0 heterocycles. The second-order valence-electron chi connectivity index (χ2n) is 5.20. The summed E-state index contributed by atoms with van der Waals surface area (Å²) in [5.74, 6) is 0.858. The van der Waals surface area contributed by atoms with Crippen LogP contribution < -0.4 is 0 Å². The summed E-state index contributed by atoms with van der Waals surface area (Å²) < 4.78 is 0. The summed E-state index contributed by atoms with van der Waals surface area (Å²) in [5, 5.41) is 20.2. The lowest BCUT2D eigenvalue weighted by Crippen LogP contribution is -2.43. The van der Waals surface area contributed by atoms with Crippen molar-refractivity contribution in [2.75, 3.05) is 0 Å². The first-order valence-electron chi connectivity index (χ1n) is 6.11. The van der Waals surface area contributed by atoms with E-state index in [1.54, 1.807) is 0 Å². The second kappa shape index (κ2) is 4.19. The van der Waals surface area contributed by atoms with E-state index in [1.165, 1.54) is 19.3 Å². The Morgan fingerprint density at radius 2 is 1.79 bits per heavy atom. The number of aliphatic hydroxyl groups excluding tert-OH is 1. The molecule has 2 N–H and O–H groups in total. The third kappa shape index (κ3) is 2.48. The Morgan fingerprint density at radius 3 is 2.36 bits per heavy atom. The van der Waals surface area contributed by atoms with E-state index in [0.717, 1.165) is 44.4 Å². The third-order valence-corrected chi connectivity index (χ3v) is 3.88. The summed E-state index contributed by atoms with van der Waals surface area (Å²) in [4.78, 5) is 0. The van der Waals surface area contributed by atoms with Crippen LogP contribution in [0.1, 0.15) is 57.8 Å². The van der Waals surface area contributed by atoms with E-state index in [-0.39, 0.29) is 0 Å². The monoisotopic (exact) mass is 198 g/mol. The summed E-state index contributed by atoms with van der Waals surface area (Å²) in [6.45, 7) is 0. The van der Waals surface area contributed by atoms with E-state index < -0.39 is 11.7 Å². The van der Waals surface area contributed by atoms with Gasteiger partial charge in [0.05, 0.1) is 11.7 Å². The van der Waals surface area contributed by atoms with Gasteiger partial charge < -0.3 is 10.2 Å². The van der Waals surface area contributed by atoms with Gasteiger partial charge in [-0.1, -0.05) is 32.1 Å². The minimum Gasteiger partial charge on any atom is -0.390 e. The lowest BCUT2D eigenvalue weighted by Gasteiger charge is -2.36. The number of rotatable bonds is 4. The van der Waals surface area contributed by atoms with Crippen molar-refractivity contribution in [1.82, 2.24) is 0 Å². The Labute approximate surface area is 86.3 Å². The summed E-state index contributed by atoms with van der Waals surface area (Å²) in [5.41, 5.74) is -0.743. The quantitative estimate of drug-likeness (QED) is 0.727. The Kier molecular flexibility index (Phi) is 3.13. The zero-order valence-corrected chi connectivity index (χ0v) is 8.91. The minimum absolute atomic E-state index is 0.469. The Morgan fingerprint density at radius 1 is 1.14 bits per heavy atom. The molecule has 0 spiro atoms. The van der Waals surface area contributed by atoms with Gasteiger partial charge in [0.15, 0.2) is 0 Å². The molecule has 0 aromatic heterocycles. The highest BCUT2D eigenvalue weighted by Gasteiger charge is 2.37. The van der Waals surface area contributed by atoms with Crippen LogP contribution in [0.5, 0.6) is 0 Å². The van der Waals surface area contributed by atoms with Crippen molar-refractivity contribution < 1.29 is 10.2 Å². The summed E-state index contributed by atoms with van der Waals surface area (Å²) in [6, 6.07) is 0. The van der Waals surface area contributed by atoms with E-state index >= 15 is 0 Å². The average Bonchev–Trinajstić information content (AvgIpc) is 2.99. The summed E-state index contributed by atoms with van der Waals surface area (Å²) in [6.07, 6.45) is 9.12. The van der Waals surface area contributed by atoms with Crippen LogP contribution >= 0.6 is 0 Å². The van der Waals surface area contributed by atoms with Gasteiger partial charge in [0.2, 0.25) is 0 Å². The summed E-state index contributed by atoms with van der Waals surface area (Å²) >= 11 is 0. The van der Waals surface area contributed by atoms with Crippen LogP contribution in [-0.4, -0.2) is 21.9 Å². The fraction of sp³-hybridized carbons (Fsp3) is 1.00. The first-order chi connectivity index (χ1) is 6.71. The zero-order valence-electron chi connectivity index (χ0n) is 8.91. The zero-order chi connectivity index (χ0) is 10.0. The number of hydrogen-bond donors (Lipinski definition) is 2. The van der Waals surface area contributed by atoms with Gasteiger partial charge in [-0.05, 0) is 31.6 Å². The van der Waals surface area contributed by atoms with Gasteiger partial charge in [0.25, 0.3) is 0 Å². The maximum absolute atomic E-state index is 10.2. The molecule has 0 bridgehead atoms. The second-order valence-corrected chi connectivity index (χ2v) is 5.20. The van der Waals surface area contributed by atoms with Crippen LogP contribution in [-0.2, 0) is 0 Å². The molecule has 0 radical (unpaired) electrons. The lowest BCUT2D eigenvalue weighted by atomic mass is 9.79. The SMILES string of the molecule is OC(CCC1CC1)C1(O)CCCCC1. The molecule has 0 aromatic rings. The van der Waals surface area contributed by atoms with Crippen LogP contribution in [0.15, 0.2) is 0 Å². The molecule has 2 nitrogen and oxygen atoms in total. The molecule has 0 saturated heterocycles. The molecule has 0 aromatic carbocycles. The Balaban J connectivity index is 1.77. The molecule has 2 rings (SSSR count). The van der Waals surface area contributed by atoms with Gasteiger partial charge in [-0.3, -0.25) is 0 Å². The molecule has 0 amide bonds. The molecule has 2 fully saturated rings. The largest absolute Gasteiger partial charge is 0.390 e. The standard InChI is InChI=1S/C12H22O2/c13-11(7-6-10-4-5-10)12(14)8-2-1-3-9-12/h10-11,13-14H,1-9H2. The highest BCUT2D eigenvalue weighted by molar-refractivity contribution is 4.90. The van der Waals surface area contributed by atoms with Gasteiger partial charge in [0, 0.05) is 0 Å². The van der Waals surface area contributed by atoms with Crippen molar-refractivity contribution in [3.05, 3.63) is 0 Å². The predicted molar refractivity (Wildman–Crippen MR) is 56.0 cm³/mol. The first kappa shape index (κ1) is 10.4. The molecule has 0 aliphatic heterocycles. The number of aliphatic hydroxyl groups is 2. The normalized spacial score (nSPS) is 28.7. The molecular formula is C12H22O2. The van der Waals surface area contributed by atoms with Gasteiger partial charge >= 0.3 is 0 Å². The topological polar surface area (TPSA) is 40.5 Å². The van der Waals surface area contributed by atoms with Crippen molar-refractivity contribution in [2.24, 2.45) is 5.92 Å². The molecule has 2 heteroatoms. The molecule has 2 saturated carbocycles. The van der Waals surface area contributed by atoms with Crippen molar-refractivity contribution >= 4 is 0 Å².